The van der Waals surface area contributed by atoms with E-state index in [9.17, 15) is 5.11 Å². The van der Waals surface area contributed by atoms with Crippen molar-refractivity contribution in [3.63, 3.8) is 0 Å². The fourth-order valence-electron chi connectivity index (χ4n) is 2.16. The van der Waals surface area contributed by atoms with Gasteiger partial charge in [-0.25, -0.2) is 4.98 Å². The number of fused-ring (bicyclic) bond motifs is 1. The Morgan fingerprint density at radius 1 is 1.16 bits per heavy atom. The summed E-state index contributed by atoms with van der Waals surface area (Å²) in [6, 6.07) is 15.2. The molecule has 3 rings (SSSR count). The van der Waals surface area contributed by atoms with Crippen molar-refractivity contribution in [1.29, 1.82) is 0 Å². The van der Waals surface area contributed by atoms with Crippen LogP contribution in [-0.2, 0) is 6.54 Å². The van der Waals surface area contributed by atoms with Crippen molar-refractivity contribution < 1.29 is 5.11 Å². The summed E-state index contributed by atoms with van der Waals surface area (Å²) in [5, 5.41) is 10.9. The Labute approximate surface area is 116 Å². The van der Waals surface area contributed by atoms with Crippen LogP contribution in [0.25, 0.3) is 11.0 Å². The molecule has 0 saturated carbocycles. The molecule has 0 aliphatic heterocycles. The molecule has 1 heterocycles. The average molecular weight is 273 g/mol. The topological polar surface area (TPSA) is 38.0 Å². The van der Waals surface area contributed by atoms with Crippen LogP contribution in [0.15, 0.2) is 54.9 Å². The molecule has 0 amide bonds. The Morgan fingerprint density at radius 3 is 2.84 bits per heavy atom. The zero-order chi connectivity index (χ0) is 13.2. The molecule has 96 valence electrons. The highest BCUT2D eigenvalue weighted by Crippen LogP contribution is 2.21. The SMILES string of the molecule is O[C@@H](Cn1cnc2ccccc21)c1cccc(Cl)c1. The van der Waals surface area contributed by atoms with Gasteiger partial charge in [0.1, 0.15) is 0 Å². The number of aromatic nitrogens is 2. The zero-order valence-electron chi connectivity index (χ0n) is 10.2. The van der Waals surface area contributed by atoms with E-state index in [1.54, 1.807) is 18.5 Å². The van der Waals surface area contributed by atoms with E-state index in [0.717, 1.165) is 16.6 Å². The molecule has 0 aliphatic rings. The number of imidazole rings is 1. The monoisotopic (exact) mass is 272 g/mol. The van der Waals surface area contributed by atoms with E-state index >= 15 is 0 Å². The Kier molecular flexibility index (Phi) is 3.23. The van der Waals surface area contributed by atoms with Gasteiger partial charge in [-0.15, -0.1) is 0 Å². The van der Waals surface area contributed by atoms with E-state index in [-0.39, 0.29) is 0 Å². The van der Waals surface area contributed by atoms with Crippen LogP contribution in [-0.4, -0.2) is 14.7 Å². The lowest BCUT2D eigenvalue weighted by atomic mass is 10.1. The van der Waals surface area contributed by atoms with E-state index in [4.69, 9.17) is 11.6 Å². The van der Waals surface area contributed by atoms with Gasteiger partial charge in [-0.3, -0.25) is 0 Å². The minimum absolute atomic E-state index is 0.459. The van der Waals surface area contributed by atoms with Crippen molar-refractivity contribution in [3.8, 4) is 0 Å². The highest BCUT2D eigenvalue weighted by Gasteiger charge is 2.10. The smallest absolute Gasteiger partial charge is 0.0970 e. The van der Waals surface area contributed by atoms with Crippen molar-refractivity contribution in [2.45, 2.75) is 12.6 Å². The molecule has 19 heavy (non-hydrogen) atoms. The molecule has 4 heteroatoms. The van der Waals surface area contributed by atoms with Crippen molar-refractivity contribution in [2.75, 3.05) is 0 Å². The molecular formula is C15H13ClN2O. The summed E-state index contributed by atoms with van der Waals surface area (Å²) in [6.07, 6.45) is 1.15. The Morgan fingerprint density at radius 2 is 2.00 bits per heavy atom. The first-order chi connectivity index (χ1) is 9.24. The number of rotatable bonds is 3. The molecule has 0 unspecified atom stereocenters. The summed E-state index contributed by atoms with van der Waals surface area (Å²) >= 11 is 5.94. The van der Waals surface area contributed by atoms with Crippen LogP contribution in [0, 0.1) is 0 Å². The molecule has 3 aromatic rings. The summed E-state index contributed by atoms with van der Waals surface area (Å²) in [4.78, 5) is 4.31. The van der Waals surface area contributed by atoms with Gasteiger partial charge < -0.3 is 9.67 Å². The van der Waals surface area contributed by atoms with E-state index in [0.29, 0.717) is 11.6 Å². The van der Waals surface area contributed by atoms with Crippen LogP contribution in [0.2, 0.25) is 5.02 Å². The summed E-state index contributed by atoms with van der Waals surface area (Å²) < 4.78 is 1.95. The zero-order valence-corrected chi connectivity index (χ0v) is 11.0. The lowest BCUT2D eigenvalue weighted by Crippen LogP contribution is -2.07. The highest BCUT2D eigenvalue weighted by molar-refractivity contribution is 6.30. The molecule has 3 nitrogen and oxygen atoms in total. The van der Waals surface area contributed by atoms with Crippen molar-refractivity contribution in [3.05, 3.63) is 65.4 Å². The predicted molar refractivity (Wildman–Crippen MR) is 76.1 cm³/mol. The first-order valence-corrected chi connectivity index (χ1v) is 6.45. The standard InChI is InChI=1S/C15H13ClN2O/c16-12-5-3-4-11(8-12)15(19)9-18-10-17-13-6-1-2-7-14(13)18/h1-8,10,15,19H,9H2/t15-/m0/s1. The first-order valence-electron chi connectivity index (χ1n) is 6.07. The molecule has 1 aromatic heterocycles. The molecule has 0 saturated heterocycles. The van der Waals surface area contributed by atoms with Crippen LogP contribution in [0.3, 0.4) is 0 Å². The molecule has 0 radical (unpaired) electrons. The second-order valence-electron chi connectivity index (χ2n) is 4.46. The van der Waals surface area contributed by atoms with E-state index in [1.165, 1.54) is 0 Å². The normalized spacial score (nSPS) is 12.7. The van der Waals surface area contributed by atoms with Crippen LogP contribution >= 0.6 is 11.6 Å². The van der Waals surface area contributed by atoms with Crippen LogP contribution in [0.4, 0.5) is 0 Å². The summed E-state index contributed by atoms with van der Waals surface area (Å²) in [6.45, 7) is 0.459. The molecule has 2 aromatic carbocycles. The second kappa shape index (κ2) is 5.03. The molecule has 1 atom stereocenters. The van der Waals surface area contributed by atoms with Crippen molar-refractivity contribution in [1.82, 2.24) is 9.55 Å². The highest BCUT2D eigenvalue weighted by atomic mass is 35.5. The number of aliphatic hydroxyl groups is 1. The molecule has 1 N–H and O–H groups in total. The predicted octanol–water partition coefficient (Wildman–Crippen LogP) is 3.42. The van der Waals surface area contributed by atoms with Gasteiger partial charge >= 0.3 is 0 Å². The lowest BCUT2D eigenvalue weighted by Gasteiger charge is -2.12. The lowest BCUT2D eigenvalue weighted by molar-refractivity contribution is 0.158. The molecule has 0 bridgehead atoms. The average Bonchev–Trinajstić information content (AvgIpc) is 2.82. The fourth-order valence-corrected chi connectivity index (χ4v) is 2.36. The molecule has 0 aliphatic carbocycles. The number of aliphatic hydroxyl groups excluding tert-OH is 1. The Bertz CT molecular complexity index is 708. The third-order valence-electron chi connectivity index (χ3n) is 3.13. The molecule has 0 spiro atoms. The third kappa shape index (κ3) is 2.48. The second-order valence-corrected chi connectivity index (χ2v) is 4.89. The number of hydrogen-bond donors (Lipinski definition) is 1. The minimum Gasteiger partial charge on any atom is -0.387 e. The van der Waals surface area contributed by atoms with Gasteiger partial charge in [0.2, 0.25) is 0 Å². The van der Waals surface area contributed by atoms with Gasteiger partial charge in [0.05, 0.1) is 30.0 Å². The maximum atomic E-state index is 10.3. The van der Waals surface area contributed by atoms with Gasteiger partial charge in [0, 0.05) is 5.02 Å². The van der Waals surface area contributed by atoms with Gasteiger partial charge in [0.15, 0.2) is 0 Å². The number of nitrogens with zero attached hydrogens (tertiary/aromatic N) is 2. The van der Waals surface area contributed by atoms with Gasteiger partial charge in [-0.05, 0) is 29.8 Å². The van der Waals surface area contributed by atoms with Crippen molar-refractivity contribution >= 4 is 22.6 Å². The summed E-state index contributed by atoms with van der Waals surface area (Å²) in [5.41, 5.74) is 2.76. The maximum Gasteiger partial charge on any atom is 0.0970 e. The maximum absolute atomic E-state index is 10.3. The largest absolute Gasteiger partial charge is 0.387 e. The summed E-state index contributed by atoms with van der Waals surface area (Å²) in [7, 11) is 0. The van der Waals surface area contributed by atoms with Gasteiger partial charge in [-0.2, -0.15) is 0 Å². The number of para-hydroxylation sites is 2. The van der Waals surface area contributed by atoms with Crippen LogP contribution in [0.5, 0.6) is 0 Å². The number of halogens is 1. The molecular weight excluding hydrogens is 260 g/mol. The quantitative estimate of drug-likeness (QED) is 0.793. The first kappa shape index (κ1) is 12.2. The van der Waals surface area contributed by atoms with E-state index in [2.05, 4.69) is 4.98 Å². The van der Waals surface area contributed by atoms with Crippen molar-refractivity contribution in [2.24, 2.45) is 0 Å². The van der Waals surface area contributed by atoms with Crippen LogP contribution < -0.4 is 0 Å². The number of benzene rings is 2. The molecule has 0 fully saturated rings. The number of hydrogen-bond acceptors (Lipinski definition) is 2. The minimum atomic E-state index is -0.601. The van der Waals surface area contributed by atoms with Crippen LogP contribution in [0.1, 0.15) is 11.7 Å². The van der Waals surface area contributed by atoms with Gasteiger partial charge in [-0.1, -0.05) is 35.9 Å². The third-order valence-corrected chi connectivity index (χ3v) is 3.37. The van der Waals surface area contributed by atoms with Gasteiger partial charge in [0.25, 0.3) is 0 Å². The van der Waals surface area contributed by atoms with E-state index in [1.807, 2.05) is 41.0 Å². The Balaban J connectivity index is 1.89. The fraction of sp³-hybridized carbons (Fsp3) is 0.133. The van der Waals surface area contributed by atoms with E-state index < -0.39 is 6.10 Å². The Hall–Kier alpha value is -1.84. The summed E-state index contributed by atoms with van der Waals surface area (Å²) in [5.74, 6) is 0.